The van der Waals surface area contributed by atoms with Gasteiger partial charge in [-0.15, -0.1) is 11.3 Å². The van der Waals surface area contributed by atoms with Gasteiger partial charge >= 0.3 is 0 Å². The number of nitrogens with two attached hydrogens (primary N) is 1. The van der Waals surface area contributed by atoms with Crippen LogP contribution in [-0.2, 0) is 15.4 Å². The van der Waals surface area contributed by atoms with Gasteiger partial charge in [-0.05, 0) is 48.2 Å². The SMILES string of the molecule is C[C@]1(CC2CCCCC2)C(N)=N[C@](C)(c2sc(Br)cc2Cl)CS1(=O)=O. The summed E-state index contributed by atoms with van der Waals surface area (Å²) in [5, 5.41) is 0.530. The smallest absolute Gasteiger partial charge is 0.165 e. The fraction of sp³-hybridized carbons (Fsp3) is 0.706. The molecule has 1 aliphatic heterocycles. The summed E-state index contributed by atoms with van der Waals surface area (Å²) in [6.45, 7) is 3.56. The van der Waals surface area contributed by atoms with Gasteiger partial charge in [0, 0.05) is 0 Å². The molecule has 0 bridgehead atoms. The minimum Gasteiger partial charge on any atom is -0.386 e. The van der Waals surface area contributed by atoms with E-state index in [4.69, 9.17) is 22.3 Å². The average molecular weight is 468 g/mol. The Morgan fingerprint density at radius 2 is 2.00 bits per heavy atom. The second-order valence-electron chi connectivity index (χ2n) is 7.70. The number of aliphatic imine (C=N–C) groups is 1. The molecule has 2 aliphatic rings. The second-order valence-corrected chi connectivity index (χ2v) is 13.0. The van der Waals surface area contributed by atoms with Crippen LogP contribution in [0.5, 0.6) is 0 Å². The maximum absolute atomic E-state index is 13.3. The zero-order chi connectivity index (χ0) is 18.5. The highest BCUT2D eigenvalue weighted by molar-refractivity contribution is 9.11. The summed E-state index contributed by atoms with van der Waals surface area (Å²) in [5.41, 5.74) is 5.37. The molecule has 0 amide bonds. The Labute approximate surface area is 167 Å². The third-order valence-corrected chi connectivity index (χ3v) is 10.6. The maximum Gasteiger partial charge on any atom is 0.165 e. The summed E-state index contributed by atoms with van der Waals surface area (Å²) >= 11 is 11.1. The van der Waals surface area contributed by atoms with E-state index in [1.807, 2.05) is 6.92 Å². The van der Waals surface area contributed by atoms with E-state index in [-0.39, 0.29) is 11.6 Å². The van der Waals surface area contributed by atoms with Crippen molar-refractivity contribution in [2.24, 2.45) is 16.6 Å². The number of amidine groups is 1. The molecule has 2 N–H and O–H groups in total. The molecule has 8 heteroatoms. The first-order valence-electron chi connectivity index (χ1n) is 8.61. The van der Waals surface area contributed by atoms with Crippen LogP contribution in [0.25, 0.3) is 0 Å². The highest BCUT2D eigenvalue weighted by atomic mass is 79.9. The zero-order valence-electron chi connectivity index (χ0n) is 14.5. The summed E-state index contributed by atoms with van der Waals surface area (Å²) < 4.78 is 26.4. The Hall–Kier alpha value is -0.110. The van der Waals surface area contributed by atoms with Crippen molar-refractivity contribution >= 4 is 54.5 Å². The van der Waals surface area contributed by atoms with Crippen molar-refractivity contribution in [3.8, 4) is 0 Å². The summed E-state index contributed by atoms with van der Waals surface area (Å²) in [5.74, 6) is 0.579. The number of rotatable bonds is 3. The van der Waals surface area contributed by atoms with Gasteiger partial charge < -0.3 is 5.73 Å². The first kappa shape index (κ1) is 19.6. The van der Waals surface area contributed by atoms with Crippen LogP contribution >= 0.6 is 38.9 Å². The number of thiophene rings is 1. The normalized spacial score (nSPS) is 33.2. The number of hydrogen-bond donors (Lipinski definition) is 1. The molecule has 25 heavy (non-hydrogen) atoms. The van der Waals surface area contributed by atoms with E-state index in [0.717, 1.165) is 21.5 Å². The summed E-state index contributed by atoms with van der Waals surface area (Å²) in [6.07, 6.45) is 6.33. The summed E-state index contributed by atoms with van der Waals surface area (Å²) in [4.78, 5) is 5.44. The van der Waals surface area contributed by atoms with Crippen molar-refractivity contribution < 1.29 is 8.42 Å². The van der Waals surface area contributed by atoms with Gasteiger partial charge in [0.15, 0.2) is 9.84 Å². The van der Waals surface area contributed by atoms with Gasteiger partial charge in [-0.1, -0.05) is 43.7 Å². The van der Waals surface area contributed by atoms with Crippen LogP contribution in [0.15, 0.2) is 14.8 Å². The van der Waals surface area contributed by atoms with Crippen molar-refractivity contribution in [3.05, 3.63) is 19.8 Å². The molecule has 2 atom stereocenters. The first-order chi connectivity index (χ1) is 11.6. The van der Waals surface area contributed by atoms with Crippen LogP contribution in [0, 0.1) is 5.92 Å². The van der Waals surface area contributed by atoms with Crippen molar-refractivity contribution in [1.29, 1.82) is 0 Å². The molecule has 0 radical (unpaired) electrons. The standard InChI is InChI=1S/C17H24BrClN2O2S2/c1-16(14-12(19)8-13(18)24-14)10-25(22,23)17(2,15(20)21-16)9-11-6-4-3-5-7-11/h8,11H,3-7,9-10H2,1-2H3,(H2,20,21)/t16-,17-/m0/s1. The Kier molecular flexibility index (Phi) is 5.35. The molecule has 1 aromatic heterocycles. The minimum atomic E-state index is -3.46. The quantitative estimate of drug-likeness (QED) is 0.687. The lowest BCUT2D eigenvalue weighted by Gasteiger charge is -2.41. The predicted octanol–water partition coefficient (Wildman–Crippen LogP) is 4.89. The van der Waals surface area contributed by atoms with E-state index in [1.54, 1.807) is 13.0 Å². The Bertz CT molecular complexity index is 802. The van der Waals surface area contributed by atoms with E-state index in [2.05, 4.69) is 15.9 Å². The molecular formula is C17H24BrClN2O2S2. The molecule has 2 heterocycles. The van der Waals surface area contributed by atoms with Gasteiger partial charge in [0.25, 0.3) is 0 Å². The van der Waals surface area contributed by atoms with Crippen LogP contribution in [0.3, 0.4) is 0 Å². The second kappa shape index (κ2) is 6.80. The van der Waals surface area contributed by atoms with Gasteiger partial charge in [0.1, 0.15) is 16.1 Å². The lowest BCUT2D eigenvalue weighted by molar-refractivity contribution is 0.321. The molecule has 140 valence electrons. The molecule has 1 aromatic rings. The molecule has 0 aromatic carbocycles. The van der Waals surface area contributed by atoms with Crippen molar-refractivity contribution in [2.75, 3.05) is 5.75 Å². The van der Waals surface area contributed by atoms with E-state index < -0.39 is 20.1 Å². The highest BCUT2D eigenvalue weighted by Gasteiger charge is 2.53. The minimum absolute atomic E-state index is 0.0589. The van der Waals surface area contributed by atoms with Gasteiger partial charge in [-0.2, -0.15) is 0 Å². The molecule has 1 fully saturated rings. The fourth-order valence-electron chi connectivity index (χ4n) is 4.10. The monoisotopic (exact) mass is 466 g/mol. The molecule has 1 saturated carbocycles. The number of sulfone groups is 1. The molecule has 1 aliphatic carbocycles. The number of halogens is 2. The van der Waals surface area contributed by atoms with Crippen LogP contribution in [0.4, 0.5) is 0 Å². The lowest BCUT2D eigenvalue weighted by Crippen LogP contribution is -2.57. The summed E-state index contributed by atoms with van der Waals surface area (Å²) in [7, 11) is -3.46. The lowest BCUT2D eigenvalue weighted by atomic mass is 9.82. The molecular weight excluding hydrogens is 444 g/mol. The fourth-order valence-corrected chi connectivity index (χ4v) is 8.52. The van der Waals surface area contributed by atoms with Crippen LogP contribution in [-0.4, -0.2) is 24.8 Å². The molecule has 4 nitrogen and oxygen atoms in total. The van der Waals surface area contributed by atoms with Gasteiger partial charge in [-0.3, -0.25) is 4.99 Å². The summed E-state index contributed by atoms with van der Waals surface area (Å²) in [6, 6.07) is 1.78. The van der Waals surface area contributed by atoms with Gasteiger partial charge in [0.2, 0.25) is 0 Å². The van der Waals surface area contributed by atoms with E-state index in [9.17, 15) is 8.42 Å². The van der Waals surface area contributed by atoms with Crippen molar-refractivity contribution in [1.82, 2.24) is 0 Å². The maximum atomic E-state index is 13.3. The zero-order valence-corrected chi connectivity index (χ0v) is 18.5. The van der Waals surface area contributed by atoms with Crippen molar-refractivity contribution in [2.45, 2.75) is 62.7 Å². The first-order valence-corrected chi connectivity index (χ1v) is 12.2. The van der Waals surface area contributed by atoms with E-state index in [1.165, 1.54) is 30.6 Å². The van der Waals surface area contributed by atoms with Crippen LogP contribution in [0.1, 0.15) is 57.2 Å². The predicted molar refractivity (Wildman–Crippen MR) is 109 cm³/mol. The molecule has 0 spiro atoms. The average Bonchev–Trinajstić information content (AvgIpc) is 2.85. The number of hydrogen-bond acceptors (Lipinski definition) is 5. The molecule has 0 saturated heterocycles. The Morgan fingerprint density at radius 1 is 1.36 bits per heavy atom. The largest absolute Gasteiger partial charge is 0.386 e. The topological polar surface area (TPSA) is 72.5 Å². The Balaban J connectivity index is 1.99. The molecule has 3 rings (SSSR count). The molecule has 0 unspecified atom stereocenters. The van der Waals surface area contributed by atoms with Crippen LogP contribution < -0.4 is 5.73 Å². The van der Waals surface area contributed by atoms with Gasteiger partial charge in [0.05, 0.1) is 19.4 Å². The van der Waals surface area contributed by atoms with Crippen molar-refractivity contribution in [3.63, 3.8) is 0 Å². The van der Waals surface area contributed by atoms with Crippen LogP contribution in [0.2, 0.25) is 5.02 Å². The van der Waals surface area contributed by atoms with Gasteiger partial charge in [-0.25, -0.2) is 8.42 Å². The van der Waals surface area contributed by atoms with E-state index in [0.29, 0.717) is 17.4 Å². The Morgan fingerprint density at radius 3 is 2.52 bits per heavy atom. The van der Waals surface area contributed by atoms with E-state index >= 15 is 0 Å². The third kappa shape index (κ3) is 3.54. The third-order valence-electron chi connectivity index (χ3n) is 5.62. The highest BCUT2D eigenvalue weighted by Crippen LogP contribution is 2.46. The number of nitrogens with zero attached hydrogens (tertiary/aromatic N) is 1.